The molecule has 5 rings (SSSR count). The number of aromatic nitrogens is 2. The van der Waals surface area contributed by atoms with E-state index in [-0.39, 0.29) is 5.91 Å². The molecule has 5 nitrogen and oxygen atoms in total. The van der Waals surface area contributed by atoms with Crippen LogP contribution in [0.5, 0.6) is 0 Å². The number of pyridine rings is 1. The highest BCUT2D eigenvalue weighted by atomic mass is 16.3. The van der Waals surface area contributed by atoms with E-state index < -0.39 is 0 Å². The Bertz CT molecular complexity index is 1350. The highest BCUT2D eigenvalue weighted by Gasteiger charge is 2.20. The van der Waals surface area contributed by atoms with Crippen LogP contribution in [0.4, 0.5) is 0 Å². The van der Waals surface area contributed by atoms with Crippen molar-refractivity contribution in [3.8, 4) is 22.5 Å². The molecule has 3 aromatic heterocycles. The lowest BCUT2D eigenvalue weighted by Gasteiger charge is -2.08. The van der Waals surface area contributed by atoms with E-state index in [1.807, 2.05) is 59.1 Å². The number of hydrogen-bond donors (Lipinski definition) is 1. The third-order valence-corrected chi connectivity index (χ3v) is 5.34. The molecule has 0 bridgehead atoms. The van der Waals surface area contributed by atoms with Crippen LogP contribution < -0.4 is 5.32 Å². The van der Waals surface area contributed by atoms with Gasteiger partial charge in [-0.25, -0.2) is 4.98 Å². The van der Waals surface area contributed by atoms with Gasteiger partial charge in [0.05, 0.1) is 11.3 Å². The predicted octanol–water partition coefficient (Wildman–Crippen LogP) is 5.50. The number of nitrogens with one attached hydrogen (secondary N) is 1. The molecule has 5 aromatic rings. The summed E-state index contributed by atoms with van der Waals surface area (Å²) in [7, 11) is 0. The highest BCUT2D eigenvalue weighted by molar-refractivity contribution is 6.02. The number of oxazole rings is 1. The van der Waals surface area contributed by atoms with Gasteiger partial charge in [0.1, 0.15) is 12.0 Å². The van der Waals surface area contributed by atoms with Crippen LogP contribution in [0.25, 0.3) is 28.0 Å². The van der Waals surface area contributed by atoms with E-state index >= 15 is 0 Å². The van der Waals surface area contributed by atoms with Gasteiger partial charge in [0.15, 0.2) is 6.39 Å². The van der Waals surface area contributed by atoms with Gasteiger partial charge < -0.3 is 14.1 Å². The zero-order chi connectivity index (χ0) is 21.2. The molecule has 0 saturated carbocycles. The molecule has 1 N–H and O–H groups in total. The molecule has 0 aliphatic heterocycles. The number of carbonyl (C=O) groups excluding carboxylic acids is 1. The van der Waals surface area contributed by atoms with Gasteiger partial charge in [-0.1, -0.05) is 66.2 Å². The van der Waals surface area contributed by atoms with Gasteiger partial charge in [0.2, 0.25) is 0 Å². The van der Waals surface area contributed by atoms with Crippen LogP contribution in [0.3, 0.4) is 0 Å². The first-order chi connectivity index (χ1) is 15.2. The summed E-state index contributed by atoms with van der Waals surface area (Å²) in [4.78, 5) is 17.4. The standard InChI is InChI=1S/C26H21N3O2/c1-18-6-5-9-20(12-18)21-10-11-22-13-23(25(29(22)15-21)24-16-31-17-28-24)26(30)27-14-19-7-3-2-4-8-19/h2-13,15-17H,14H2,1H3,(H,27,30). The number of hydrogen-bond acceptors (Lipinski definition) is 3. The SMILES string of the molecule is Cc1cccc(-c2ccc3cc(C(=O)NCc4ccccc4)c(-c4cocn4)n3c2)c1. The monoisotopic (exact) mass is 407 g/mol. The van der Waals surface area contributed by atoms with Crippen LogP contribution in [0.15, 0.2) is 96.1 Å². The smallest absolute Gasteiger partial charge is 0.253 e. The summed E-state index contributed by atoms with van der Waals surface area (Å²) in [6.07, 6.45) is 4.99. The van der Waals surface area contributed by atoms with Crippen LogP contribution in [0.1, 0.15) is 21.5 Å². The topological polar surface area (TPSA) is 59.5 Å². The van der Waals surface area contributed by atoms with Crippen molar-refractivity contribution >= 4 is 11.4 Å². The second-order valence-electron chi connectivity index (χ2n) is 7.53. The fraction of sp³-hybridized carbons (Fsp3) is 0.0769. The molecule has 0 radical (unpaired) electrons. The third-order valence-electron chi connectivity index (χ3n) is 5.34. The molecule has 0 unspecified atom stereocenters. The number of nitrogens with zero attached hydrogens (tertiary/aromatic N) is 2. The van der Waals surface area contributed by atoms with Crippen LogP contribution in [-0.2, 0) is 6.54 Å². The number of benzene rings is 2. The van der Waals surface area contributed by atoms with E-state index in [9.17, 15) is 4.79 Å². The minimum Gasteiger partial charge on any atom is -0.451 e. The van der Waals surface area contributed by atoms with Crippen LogP contribution >= 0.6 is 0 Å². The van der Waals surface area contributed by atoms with Crippen molar-refractivity contribution in [2.75, 3.05) is 0 Å². The van der Waals surface area contributed by atoms with Crippen LogP contribution in [0, 0.1) is 6.92 Å². The fourth-order valence-electron chi connectivity index (χ4n) is 3.80. The molecule has 0 atom stereocenters. The molecular weight excluding hydrogens is 386 g/mol. The molecule has 0 aliphatic rings. The Hall–Kier alpha value is -4.12. The summed E-state index contributed by atoms with van der Waals surface area (Å²) >= 11 is 0. The third kappa shape index (κ3) is 3.73. The Labute approximate surface area is 180 Å². The molecule has 5 heteroatoms. The minimum absolute atomic E-state index is 0.150. The number of carbonyl (C=O) groups is 1. The summed E-state index contributed by atoms with van der Waals surface area (Å²) in [5.74, 6) is -0.150. The van der Waals surface area contributed by atoms with Crippen LogP contribution in [-0.4, -0.2) is 15.3 Å². The van der Waals surface area contributed by atoms with Crippen molar-refractivity contribution in [2.45, 2.75) is 13.5 Å². The van der Waals surface area contributed by atoms with Gasteiger partial charge in [0, 0.05) is 18.3 Å². The maximum atomic E-state index is 13.1. The van der Waals surface area contributed by atoms with Gasteiger partial charge in [-0.2, -0.15) is 0 Å². The number of amides is 1. The molecule has 0 fully saturated rings. The lowest BCUT2D eigenvalue weighted by Crippen LogP contribution is -2.23. The fourth-order valence-corrected chi connectivity index (χ4v) is 3.80. The van der Waals surface area contributed by atoms with Gasteiger partial charge in [-0.05, 0) is 35.7 Å². The highest BCUT2D eigenvalue weighted by Crippen LogP contribution is 2.30. The molecule has 0 spiro atoms. The van der Waals surface area contributed by atoms with E-state index in [4.69, 9.17) is 4.42 Å². The molecule has 3 heterocycles. The first-order valence-electron chi connectivity index (χ1n) is 10.1. The lowest BCUT2D eigenvalue weighted by atomic mass is 10.1. The first kappa shape index (κ1) is 18.9. The van der Waals surface area contributed by atoms with Crippen LogP contribution in [0.2, 0.25) is 0 Å². The van der Waals surface area contributed by atoms with Crippen molar-refractivity contribution in [3.05, 3.63) is 108 Å². The largest absolute Gasteiger partial charge is 0.451 e. The Morgan fingerprint density at radius 1 is 1.00 bits per heavy atom. The Morgan fingerprint density at radius 2 is 1.87 bits per heavy atom. The van der Waals surface area contributed by atoms with E-state index in [1.165, 1.54) is 12.0 Å². The maximum Gasteiger partial charge on any atom is 0.253 e. The Balaban J connectivity index is 1.58. The van der Waals surface area contributed by atoms with Crippen molar-refractivity contribution in [1.82, 2.24) is 14.7 Å². The van der Waals surface area contributed by atoms with Crippen molar-refractivity contribution < 1.29 is 9.21 Å². The molecular formula is C26H21N3O2. The van der Waals surface area contributed by atoms with Gasteiger partial charge >= 0.3 is 0 Å². The van der Waals surface area contributed by atoms with E-state index in [2.05, 4.69) is 41.5 Å². The number of fused-ring (bicyclic) bond motifs is 1. The maximum absolute atomic E-state index is 13.1. The van der Waals surface area contributed by atoms with E-state index in [0.29, 0.717) is 23.5 Å². The number of aryl methyl sites for hydroxylation is 1. The average molecular weight is 407 g/mol. The van der Waals surface area contributed by atoms with E-state index in [1.54, 1.807) is 6.26 Å². The van der Waals surface area contributed by atoms with Gasteiger partial charge in [-0.3, -0.25) is 4.79 Å². The van der Waals surface area contributed by atoms with Gasteiger partial charge in [-0.15, -0.1) is 0 Å². The molecule has 1 amide bonds. The summed E-state index contributed by atoms with van der Waals surface area (Å²) in [5.41, 5.74) is 7.23. The zero-order valence-corrected chi connectivity index (χ0v) is 17.1. The zero-order valence-electron chi connectivity index (χ0n) is 17.1. The van der Waals surface area contributed by atoms with Crippen molar-refractivity contribution in [1.29, 1.82) is 0 Å². The summed E-state index contributed by atoms with van der Waals surface area (Å²) in [6.45, 7) is 2.53. The summed E-state index contributed by atoms with van der Waals surface area (Å²) in [5, 5.41) is 3.02. The molecule has 2 aromatic carbocycles. The molecule has 0 saturated heterocycles. The summed E-state index contributed by atoms with van der Waals surface area (Å²) < 4.78 is 7.23. The predicted molar refractivity (Wildman–Crippen MR) is 121 cm³/mol. The second kappa shape index (κ2) is 7.95. The minimum atomic E-state index is -0.150. The Morgan fingerprint density at radius 3 is 2.65 bits per heavy atom. The normalized spacial score (nSPS) is 11.0. The van der Waals surface area contributed by atoms with Gasteiger partial charge in [0.25, 0.3) is 5.91 Å². The Kier molecular flexibility index (Phi) is 4.84. The van der Waals surface area contributed by atoms with E-state index in [0.717, 1.165) is 22.2 Å². The number of rotatable bonds is 5. The molecule has 152 valence electrons. The lowest BCUT2D eigenvalue weighted by molar-refractivity contribution is 0.0951. The molecule has 0 aliphatic carbocycles. The summed E-state index contributed by atoms with van der Waals surface area (Å²) in [6, 6.07) is 24.2. The average Bonchev–Trinajstić information content (AvgIpc) is 3.45. The first-order valence-corrected chi connectivity index (χ1v) is 10.1. The molecule has 31 heavy (non-hydrogen) atoms. The van der Waals surface area contributed by atoms with Crippen molar-refractivity contribution in [2.24, 2.45) is 0 Å². The quantitative estimate of drug-likeness (QED) is 0.418. The second-order valence-corrected chi connectivity index (χ2v) is 7.53. The van der Waals surface area contributed by atoms with Crippen molar-refractivity contribution in [3.63, 3.8) is 0 Å².